The molecule has 8 atom stereocenters. The molecule has 4 heterocycles. The first-order valence-electron chi connectivity index (χ1n) is 20.1. The van der Waals surface area contributed by atoms with Gasteiger partial charge in [-0.3, -0.25) is 14.6 Å². The number of ether oxygens (including phenoxy) is 2. The van der Waals surface area contributed by atoms with Crippen LogP contribution in [0.25, 0.3) is 0 Å². The van der Waals surface area contributed by atoms with Crippen LogP contribution in [0.5, 0.6) is 5.75 Å². The third kappa shape index (κ3) is 7.21. The van der Waals surface area contributed by atoms with Crippen LogP contribution in [0.3, 0.4) is 0 Å². The number of rotatable bonds is 3. The van der Waals surface area contributed by atoms with Crippen molar-refractivity contribution in [3.8, 4) is 5.75 Å². The zero-order valence-corrected chi connectivity index (χ0v) is 33.5. The molecule has 0 aromatic heterocycles. The van der Waals surface area contributed by atoms with Crippen LogP contribution in [-0.4, -0.2) is 107 Å². The number of carbonyl (C=O) groups excluding carboxylic acids is 1. The first-order valence-corrected chi connectivity index (χ1v) is 22.0. The van der Waals surface area contributed by atoms with Crippen molar-refractivity contribution in [3.05, 3.63) is 70.3 Å². The lowest BCUT2D eigenvalue weighted by molar-refractivity contribution is -0.101. The zero-order valence-electron chi connectivity index (χ0n) is 31.9. The molecule has 3 fully saturated rings. The van der Waals surface area contributed by atoms with E-state index in [-0.39, 0.29) is 23.3 Å². The number of hydrogen-bond acceptors (Lipinski definition) is 8. The zero-order chi connectivity index (χ0) is 37.8. The summed E-state index contributed by atoms with van der Waals surface area (Å²) in [4.78, 5) is 21.0. The number of halogens is 2. The number of anilines is 1. The summed E-state index contributed by atoms with van der Waals surface area (Å²) in [5.41, 5.74) is 2.72. The molecule has 4 aliphatic heterocycles. The standard InChI is InChI=1S/C42H56ClFN4O5S/c1-28-6-4-16-42(52-3,26-46-18-19-47-17-14-34(44)22-35(47)24-46)37-11-8-32(37)23-48-25-41(15-5-7-30-20-33(43)10-12-36(30)41)27-53-39-13-9-31(21-38(39)48)40(49)45-54(50,51)29(28)2/h4,9-10,12-13,16,20-21,28-29,32,34-35,37H,5-8,11,14-15,17-19,22-27H2,1-3H3,(H,45,49)/b16-4-/t28-,29+,32-,34-,35+,37+,41-,42-/m0/s1. The van der Waals surface area contributed by atoms with Gasteiger partial charge in [-0.15, -0.1) is 0 Å². The van der Waals surface area contributed by atoms with E-state index < -0.39 is 33.0 Å². The van der Waals surface area contributed by atoms with Crippen LogP contribution in [0.15, 0.2) is 48.6 Å². The topological polar surface area (TPSA) is 91.4 Å². The fourth-order valence-electron chi connectivity index (χ4n) is 10.5. The lowest BCUT2D eigenvalue weighted by Crippen LogP contribution is -2.62. The van der Waals surface area contributed by atoms with Gasteiger partial charge in [-0.1, -0.05) is 36.7 Å². The molecule has 9 nitrogen and oxygen atoms in total. The molecule has 2 saturated heterocycles. The van der Waals surface area contributed by atoms with Crippen LogP contribution < -0.4 is 14.4 Å². The molecule has 8 rings (SSSR count). The van der Waals surface area contributed by atoms with Crippen LogP contribution in [0.1, 0.15) is 80.3 Å². The van der Waals surface area contributed by atoms with Gasteiger partial charge in [0, 0.05) is 75.0 Å². The number of alkyl halides is 1. The highest BCUT2D eigenvalue weighted by Crippen LogP contribution is 2.49. The Kier molecular flexibility index (Phi) is 10.6. The molecule has 1 spiro atoms. The number of methoxy groups -OCH3 is 1. The maximum atomic E-state index is 14.6. The Labute approximate surface area is 325 Å². The SMILES string of the molecule is CO[C@]1(CN2CCN3CC[C@H](F)C[C@@H]3C2)/C=C\C[C@H](C)[C@@H](C)S(=O)(=O)NC(=O)c2ccc3c(c2)N(C[C@@H]2CC[C@H]21)C[C@@]1(CCCc2cc(Cl)ccc21)CO3. The summed E-state index contributed by atoms with van der Waals surface area (Å²) in [5, 5.41) is -0.0699. The van der Waals surface area contributed by atoms with Gasteiger partial charge in [0.25, 0.3) is 5.91 Å². The van der Waals surface area contributed by atoms with Crippen molar-refractivity contribution in [3.63, 3.8) is 0 Å². The van der Waals surface area contributed by atoms with E-state index >= 15 is 0 Å². The average Bonchev–Trinajstić information content (AvgIpc) is 3.28. The number of benzene rings is 2. The molecule has 6 aliphatic rings. The van der Waals surface area contributed by atoms with Crippen molar-refractivity contribution in [2.45, 2.75) is 93.7 Å². The molecule has 2 aromatic carbocycles. The highest BCUT2D eigenvalue weighted by atomic mass is 35.5. The minimum Gasteiger partial charge on any atom is -0.490 e. The van der Waals surface area contributed by atoms with E-state index in [1.165, 1.54) is 11.1 Å². The summed E-state index contributed by atoms with van der Waals surface area (Å²) in [6.07, 6.45) is 10.3. The van der Waals surface area contributed by atoms with Crippen LogP contribution in [0.4, 0.5) is 10.1 Å². The van der Waals surface area contributed by atoms with Gasteiger partial charge in [-0.25, -0.2) is 17.5 Å². The van der Waals surface area contributed by atoms with E-state index in [1.54, 1.807) is 13.0 Å². The third-order valence-corrected chi connectivity index (χ3v) is 16.2. The predicted molar refractivity (Wildman–Crippen MR) is 211 cm³/mol. The minimum absolute atomic E-state index is 0.203. The number of carbonyl (C=O) groups is 1. The van der Waals surface area contributed by atoms with E-state index in [2.05, 4.69) is 43.7 Å². The molecule has 2 bridgehead atoms. The fraction of sp³-hybridized carbons (Fsp3) is 0.643. The highest BCUT2D eigenvalue weighted by molar-refractivity contribution is 7.90. The van der Waals surface area contributed by atoms with Gasteiger partial charge >= 0.3 is 0 Å². The second-order valence-corrected chi connectivity index (χ2v) is 19.7. The molecule has 0 radical (unpaired) electrons. The van der Waals surface area contributed by atoms with E-state index in [0.29, 0.717) is 56.2 Å². The summed E-state index contributed by atoms with van der Waals surface area (Å²) < 4.78 is 57.6. The number of piperazine rings is 1. The molecule has 54 heavy (non-hydrogen) atoms. The second-order valence-electron chi connectivity index (χ2n) is 17.2. The number of piperidine rings is 1. The molecule has 1 amide bonds. The number of nitrogens with zero attached hydrogens (tertiary/aromatic N) is 3. The lowest BCUT2D eigenvalue weighted by Gasteiger charge is -2.53. The molecule has 1 saturated carbocycles. The van der Waals surface area contributed by atoms with Gasteiger partial charge in [0.15, 0.2) is 0 Å². The monoisotopic (exact) mass is 782 g/mol. The quantitative estimate of drug-likeness (QED) is 0.359. The molecule has 12 heteroatoms. The van der Waals surface area contributed by atoms with E-state index in [1.807, 2.05) is 32.2 Å². The Morgan fingerprint density at radius 2 is 1.93 bits per heavy atom. The van der Waals surface area contributed by atoms with Crippen LogP contribution in [0, 0.1) is 17.8 Å². The van der Waals surface area contributed by atoms with Gasteiger partial charge in [0.2, 0.25) is 10.0 Å². The first-order chi connectivity index (χ1) is 25.9. The van der Waals surface area contributed by atoms with Crippen molar-refractivity contribution in [1.82, 2.24) is 14.5 Å². The molecule has 2 aromatic rings. The molecular weight excluding hydrogens is 727 g/mol. The normalized spacial score (nSPS) is 36.4. The number of allylic oxidation sites excluding steroid dienone is 1. The van der Waals surface area contributed by atoms with Crippen molar-refractivity contribution < 1.29 is 27.1 Å². The number of sulfonamides is 1. The van der Waals surface area contributed by atoms with Gasteiger partial charge in [-0.05, 0) is 118 Å². The average molecular weight is 783 g/mol. The van der Waals surface area contributed by atoms with Crippen molar-refractivity contribution in [1.29, 1.82) is 0 Å². The van der Waals surface area contributed by atoms with Gasteiger partial charge in [0.1, 0.15) is 17.5 Å². The van der Waals surface area contributed by atoms with Gasteiger partial charge in [-0.2, -0.15) is 0 Å². The highest BCUT2D eigenvalue weighted by Gasteiger charge is 2.50. The van der Waals surface area contributed by atoms with Gasteiger partial charge in [0.05, 0.1) is 17.5 Å². The summed E-state index contributed by atoms with van der Waals surface area (Å²) in [6, 6.07) is 11.8. The van der Waals surface area contributed by atoms with E-state index in [9.17, 15) is 17.6 Å². The van der Waals surface area contributed by atoms with Gasteiger partial charge < -0.3 is 14.4 Å². The number of nitrogens with one attached hydrogen (secondary N) is 1. The summed E-state index contributed by atoms with van der Waals surface area (Å²) in [7, 11) is -2.16. The lowest BCUT2D eigenvalue weighted by atomic mass is 9.63. The molecular formula is C42H56ClFN4O5S. The Balaban J connectivity index is 1.18. The van der Waals surface area contributed by atoms with Crippen molar-refractivity contribution >= 4 is 33.2 Å². The van der Waals surface area contributed by atoms with Crippen LogP contribution in [0.2, 0.25) is 5.02 Å². The molecule has 1 N–H and O–H groups in total. The maximum Gasteiger partial charge on any atom is 0.264 e. The van der Waals surface area contributed by atoms with Crippen LogP contribution >= 0.6 is 11.6 Å². The van der Waals surface area contributed by atoms with Crippen LogP contribution in [-0.2, 0) is 26.6 Å². The number of fused-ring (bicyclic) bond motifs is 5. The smallest absolute Gasteiger partial charge is 0.264 e. The Morgan fingerprint density at radius 3 is 2.72 bits per heavy atom. The van der Waals surface area contributed by atoms with E-state index in [4.69, 9.17) is 21.1 Å². The summed E-state index contributed by atoms with van der Waals surface area (Å²) >= 11 is 6.50. The first kappa shape index (κ1) is 38.2. The summed E-state index contributed by atoms with van der Waals surface area (Å²) in [6.45, 7) is 9.68. The Morgan fingerprint density at radius 1 is 1.07 bits per heavy atom. The third-order valence-electron chi connectivity index (χ3n) is 14.0. The Bertz CT molecular complexity index is 1880. The minimum atomic E-state index is -3.98. The number of amides is 1. The van der Waals surface area contributed by atoms with E-state index in [0.717, 1.165) is 75.5 Å². The Hall–Kier alpha value is -2.70. The number of aryl methyl sites for hydroxylation is 1. The second kappa shape index (κ2) is 15.0. The maximum absolute atomic E-state index is 14.6. The van der Waals surface area contributed by atoms with Crippen molar-refractivity contribution in [2.24, 2.45) is 17.8 Å². The molecule has 0 unspecified atom stereocenters. The fourth-order valence-corrected chi connectivity index (χ4v) is 12.0. The largest absolute Gasteiger partial charge is 0.490 e. The molecule has 2 aliphatic carbocycles. The summed E-state index contributed by atoms with van der Waals surface area (Å²) in [5.74, 6) is 0.306. The number of hydrogen-bond donors (Lipinski definition) is 1. The molecule has 294 valence electrons. The predicted octanol–water partition coefficient (Wildman–Crippen LogP) is 6.39. The van der Waals surface area contributed by atoms with Crippen molar-refractivity contribution in [2.75, 3.05) is 64.4 Å².